The lowest BCUT2D eigenvalue weighted by molar-refractivity contribution is -0.123. The summed E-state index contributed by atoms with van der Waals surface area (Å²) in [7, 11) is 3.02. The number of thioether (sulfide) groups is 1. The number of benzene rings is 3. The van der Waals surface area contributed by atoms with Crippen LogP contribution >= 0.6 is 46.0 Å². The molecule has 41 heavy (non-hydrogen) atoms. The van der Waals surface area contributed by atoms with Gasteiger partial charge in [-0.05, 0) is 94.9 Å². The summed E-state index contributed by atoms with van der Waals surface area (Å²) in [5.74, 6) is 1.07. The molecule has 0 atom stereocenters. The summed E-state index contributed by atoms with van der Waals surface area (Å²) in [5, 5.41) is 2.91. The number of nitrogens with zero attached hydrogens (tertiary/aromatic N) is 1. The largest absolute Gasteiger partial charge is 0.493 e. The van der Waals surface area contributed by atoms with E-state index in [1.165, 1.54) is 7.11 Å². The first-order valence-corrected chi connectivity index (χ1v) is 14.5. The number of para-hydroxylation sites is 2. The van der Waals surface area contributed by atoms with Crippen LogP contribution in [0.1, 0.15) is 11.1 Å². The summed E-state index contributed by atoms with van der Waals surface area (Å²) in [6, 6.07) is 15.8. The van der Waals surface area contributed by atoms with Gasteiger partial charge in [-0.2, -0.15) is 0 Å². The molecule has 0 radical (unpaired) electrons. The van der Waals surface area contributed by atoms with E-state index in [9.17, 15) is 14.4 Å². The SMILES string of the molecule is COc1ccccc1OCCN1C(=O)S/C(=C\c2cc(I)c(OCC(=O)Nc3ccc(C)c(Cl)c3)c(OC)c2)C1=O. The molecule has 1 aliphatic rings. The number of nitrogens with one attached hydrogen (secondary N) is 1. The molecule has 3 aromatic rings. The average Bonchev–Trinajstić information content (AvgIpc) is 3.21. The molecule has 0 saturated carbocycles. The van der Waals surface area contributed by atoms with Crippen molar-refractivity contribution in [3.05, 3.63) is 79.2 Å². The van der Waals surface area contributed by atoms with Gasteiger partial charge in [0.25, 0.3) is 17.1 Å². The van der Waals surface area contributed by atoms with Gasteiger partial charge < -0.3 is 24.3 Å². The van der Waals surface area contributed by atoms with Crippen molar-refractivity contribution in [1.29, 1.82) is 0 Å². The maximum atomic E-state index is 13.0. The van der Waals surface area contributed by atoms with Gasteiger partial charge in [-0.25, -0.2) is 0 Å². The lowest BCUT2D eigenvalue weighted by Crippen LogP contribution is -2.32. The molecule has 4 rings (SSSR count). The normalized spacial score (nSPS) is 13.9. The van der Waals surface area contributed by atoms with Crippen LogP contribution < -0.4 is 24.3 Å². The van der Waals surface area contributed by atoms with Gasteiger partial charge >= 0.3 is 0 Å². The highest BCUT2D eigenvalue weighted by Gasteiger charge is 2.35. The Labute approximate surface area is 260 Å². The summed E-state index contributed by atoms with van der Waals surface area (Å²) in [5.41, 5.74) is 2.10. The summed E-state index contributed by atoms with van der Waals surface area (Å²) in [4.78, 5) is 39.4. The Hall–Kier alpha value is -3.42. The lowest BCUT2D eigenvalue weighted by Gasteiger charge is -2.15. The summed E-state index contributed by atoms with van der Waals surface area (Å²) >= 11 is 9.04. The molecule has 0 aliphatic carbocycles. The van der Waals surface area contributed by atoms with E-state index in [2.05, 4.69) is 27.9 Å². The third-order valence-electron chi connectivity index (χ3n) is 5.87. The first kappa shape index (κ1) is 30.5. The van der Waals surface area contributed by atoms with E-state index in [0.717, 1.165) is 22.2 Å². The van der Waals surface area contributed by atoms with Gasteiger partial charge in [-0.3, -0.25) is 19.3 Å². The van der Waals surface area contributed by atoms with Crippen molar-refractivity contribution in [3.63, 3.8) is 0 Å². The number of ether oxygens (including phenoxy) is 4. The van der Waals surface area contributed by atoms with E-state index in [4.69, 9.17) is 30.5 Å². The number of hydrogen-bond acceptors (Lipinski definition) is 8. The Balaban J connectivity index is 1.39. The Kier molecular flexibility index (Phi) is 10.4. The zero-order valence-corrected chi connectivity index (χ0v) is 26.1. The number of anilines is 1. The van der Waals surface area contributed by atoms with Crippen molar-refractivity contribution in [2.24, 2.45) is 0 Å². The van der Waals surface area contributed by atoms with Gasteiger partial charge in [0.2, 0.25) is 0 Å². The van der Waals surface area contributed by atoms with Crippen molar-refractivity contribution in [2.45, 2.75) is 6.92 Å². The second-order valence-corrected chi connectivity index (χ2v) is 11.2. The van der Waals surface area contributed by atoms with E-state index < -0.39 is 5.91 Å². The minimum Gasteiger partial charge on any atom is -0.493 e. The van der Waals surface area contributed by atoms with Crippen LogP contribution in [-0.4, -0.2) is 55.9 Å². The number of aryl methyl sites for hydroxylation is 1. The molecule has 214 valence electrons. The molecule has 0 aromatic heterocycles. The fourth-order valence-electron chi connectivity index (χ4n) is 3.80. The van der Waals surface area contributed by atoms with Crippen molar-refractivity contribution in [2.75, 3.05) is 39.3 Å². The molecule has 0 spiro atoms. The van der Waals surface area contributed by atoms with Gasteiger partial charge in [0.1, 0.15) is 6.61 Å². The van der Waals surface area contributed by atoms with E-state index in [0.29, 0.717) is 42.8 Å². The maximum Gasteiger partial charge on any atom is 0.293 e. The van der Waals surface area contributed by atoms with Gasteiger partial charge in [-0.1, -0.05) is 29.8 Å². The van der Waals surface area contributed by atoms with E-state index in [-0.39, 0.29) is 35.8 Å². The Bertz CT molecular complexity index is 1510. The monoisotopic (exact) mass is 708 g/mol. The fourth-order valence-corrected chi connectivity index (χ4v) is 5.62. The zero-order chi connectivity index (χ0) is 29.5. The third-order valence-corrected chi connectivity index (χ3v) is 7.98. The molecule has 1 fully saturated rings. The molecular weight excluding hydrogens is 683 g/mol. The highest BCUT2D eigenvalue weighted by molar-refractivity contribution is 14.1. The number of rotatable bonds is 11. The van der Waals surface area contributed by atoms with Crippen LogP contribution in [0.5, 0.6) is 23.0 Å². The van der Waals surface area contributed by atoms with Crippen molar-refractivity contribution in [3.8, 4) is 23.0 Å². The summed E-state index contributed by atoms with van der Waals surface area (Å²) in [6.07, 6.45) is 1.62. The Morgan fingerprint density at radius 1 is 1.02 bits per heavy atom. The van der Waals surface area contributed by atoms with Gasteiger partial charge in [0, 0.05) is 10.7 Å². The number of amides is 3. The standard InChI is InChI=1S/C29H26ClIN2O7S/c1-17-8-9-19(15-20(17)30)32-26(34)16-40-27-21(31)12-18(13-24(27)38-3)14-25-28(35)33(29(36)41-25)10-11-39-23-7-5-4-6-22(23)37-2/h4-9,12-15H,10-11,16H2,1-3H3,(H,32,34)/b25-14-. The predicted molar refractivity (Wildman–Crippen MR) is 167 cm³/mol. The minimum atomic E-state index is -0.411. The van der Waals surface area contributed by atoms with Crippen LogP contribution in [0.2, 0.25) is 5.02 Å². The zero-order valence-electron chi connectivity index (χ0n) is 22.4. The fraction of sp³-hybridized carbons (Fsp3) is 0.207. The Morgan fingerprint density at radius 2 is 1.76 bits per heavy atom. The van der Waals surface area contributed by atoms with E-state index >= 15 is 0 Å². The molecule has 9 nitrogen and oxygen atoms in total. The molecule has 1 aliphatic heterocycles. The predicted octanol–water partition coefficient (Wildman–Crippen LogP) is 6.40. The van der Waals surface area contributed by atoms with Gasteiger partial charge in [-0.15, -0.1) is 0 Å². The number of imide groups is 1. The molecule has 0 unspecified atom stereocenters. The molecule has 3 aromatic carbocycles. The molecule has 12 heteroatoms. The summed E-state index contributed by atoms with van der Waals surface area (Å²) < 4.78 is 22.9. The average molecular weight is 709 g/mol. The highest BCUT2D eigenvalue weighted by atomic mass is 127. The van der Waals surface area contributed by atoms with Gasteiger partial charge in [0.05, 0.1) is 29.2 Å². The number of carbonyl (C=O) groups excluding carboxylic acids is 3. The molecule has 3 amide bonds. The van der Waals surface area contributed by atoms with Crippen LogP contribution in [0.25, 0.3) is 6.08 Å². The van der Waals surface area contributed by atoms with E-state index in [1.807, 2.05) is 25.1 Å². The smallest absolute Gasteiger partial charge is 0.293 e. The number of carbonyl (C=O) groups is 3. The van der Waals surface area contributed by atoms with Crippen molar-refractivity contribution < 1.29 is 33.3 Å². The molecule has 1 heterocycles. The quantitative estimate of drug-likeness (QED) is 0.180. The van der Waals surface area contributed by atoms with Gasteiger partial charge in [0.15, 0.2) is 29.6 Å². The van der Waals surface area contributed by atoms with Crippen LogP contribution in [0, 0.1) is 10.5 Å². The molecule has 0 bridgehead atoms. The second-order valence-electron chi connectivity index (χ2n) is 8.67. The van der Waals surface area contributed by atoms with E-state index in [1.54, 1.807) is 49.6 Å². The maximum absolute atomic E-state index is 13.0. The first-order valence-electron chi connectivity index (χ1n) is 12.3. The minimum absolute atomic E-state index is 0.0878. The number of halogens is 2. The first-order chi connectivity index (χ1) is 19.7. The van der Waals surface area contributed by atoms with Crippen LogP contribution in [0.15, 0.2) is 59.5 Å². The molecular formula is C29H26ClIN2O7S. The van der Waals surface area contributed by atoms with Crippen molar-refractivity contribution in [1.82, 2.24) is 4.90 Å². The third kappa shape index (κ3) is 7.66. The van der Waals surface area contributed by atoms with Crippen molar-refractivity contribution >= 4 is 74.8 Å². The lowest BCUT2D eigenvalue weighted by atomic mass is 10.2. The summed E-state index contributed by atoms with van der Waals surface area (Å²) in [6.45, 7) is 1.82. The van der Waals surface area contributed by atoms with Crippen LogP contribution in [-0.2, 0) is 9.59 Å². The Morgan fingerprint density at radius 3 is 2.46 bits per heavy atom. The molecule has 1 saturated heterocycles. The highest BCUT2D eigenvalue weighted by Crippen LogP contribution is 2.37. The number of hydrogen-bond donors (Lipinski definition) is 1. The van der Waals surface area contributed by atoms with Crippen LogP contribution in [0.4, 0.5) is 10.5 Å². The second kappa shape index (κ2) is 14.0. The molecule has 1 N–H and O–H groups in total. The van der Waals surface area contributed by atoms with Crippen LogP contribution in [0.3, 0.4) is 0 Å². The topological polar surface area (TPSA) is 103 Å². The number of methoxy groups -OCH3 is 2.